The molecule has 2 aromatic rings. The van der Waals surface area contributed by atoms with Crippen molar-refractivity contribution in [1.29, 1.82) is 0 Å². The molecule has 0 bridgehead atoms. The third-order valence-corrected chi connectivity index (χ3v) is 5.66. The lowest BCUT2D eigenvalue weighted by atomic mass is 9.84. The van der Waals surface area contributed by atoms with Gasteiger partial charge in [-0.1, -0.05) is 61.3 Å². The second-order valence-electron chi connectivity index (χ2n) is 7.29. The molecule has 1 saturated heterocycles. The van der Waals surface area contributed by atoms with Crippen LogP contribution in [0.2, 0.25) is 5.02 Å². The van der Waals surface area contributed by atoms with Crippen LogP contribution < -0.4 is 4.90 Å². The largest absolute Gasteiger partial charge is 0.356 e. The number of halogens is 1. The number of carbonyl (C=O) groups excluding carboxylic acids is 2. The summed E-state index contributed by atoms with van der Waals surface area (Å²) >= 11 is 6.53. The number of benzene rings is 2. The highest BCUT2D eigenvalue weighted by molar-refractivity contribution is 6.33. The highest BCUT2D eigenvalue weighted by atomic mass is 35.5. The maximum Gasteiger partial charge on any atom is 0.264 e. The standard InChI is InChI=1S/C22H22ClNO3/c1-2-7-17-12-16(25)13-22(27-17)20-18(23)10-6-11-19(20)24(21(22)26)14-15-8-4-3-5-9-15/h3-6,8-11,17H,2,7,12-14H2,1H3/t17-,22-/m1/s1. The van der Waals surface area contributed by atoms with Crippen LogP contribution in [0.5, 0.6) is 0 Å². The fourth-order valence-corrected chi connectivity index (χ4v) is 4.54. The first kappa shape index (κ1) is 18.2. The Bertz CT molecular complexity index is 882. The maximum atomic E-state index is 13.6. The van der Waals surface area contributed by atoms with E-state index < -0.39 is 5.60 Å². The molecule has 5 heteroatoms. The van der Waals surface area contributed by atoms with E-state index in [0.29, 0.717) is 23.6 Å². The van der Waals surface area contributed by atoms with E-state index in [9.17, 15) is 9.59 Å². The van der Waals surface area contributed by atoms with Crippen LogP contribution >= 0.6 is 11.6 Å². The molecule has 2 aromatic carbocycles. The second kappa shape index (κ2) is 7.10. The first-order valence-electron chi connectivity index (χ1n) is 9.39. The molecule has 0 radical (unpaired) electrons. The molecular formula is C22H22ClNO3. The minimum absolute atomic E-state index is 0.0497. The highest BCUT2D eigenvalue weighted by Gasteiger charge is 2.57. The van der Waals surface area contributed by atoms with Crippen molar-refractivity contribution in [2.75, 3.05) is 4.90 Å². The van der Waals surface area contributed by atoms with Crippen molar-refractivity contribution in [2.45, 2.75) is 50.9 Å². The van der Waals surface area contributed by atoms with Gasteiger partial charge in [-0.2, -0.15) is 0 Å². The number of hydrogen-bond donors (Lipinski definition) is 0. The minimum Gasteiger partial charge on any atom is -0.356 e. The lowest BCUT2D eigenvalue weighted by molar-refractivity contribution is -0.171. The molecule has 0 saturated carbocycles. The van der Waals surface area contributed by atoms with Crippen molar-refractivity contribution < 1.29 is 14.3 Å². The number of fused-ring (bicyclic) bond motifs is 2. The van der Waals surface area contributed by atoms with Crippen molar-refractivity contribution in [2.24, 2.45) is 0 Å². The SMILES string of the molecule is CCC[C@@H]1CC(=O)C[C@]2(O1)C(=O)N(Cc1ccccc1)c1cccc(Cl)c12. The highest BCUT2D eigenvalue weighted by Crippen LogP contribution is 2.51. The van der Waals surface area contributed by atoms with Gasteiger partial charge in [0, 0.05) is 23.4 Å². The van der Waals surface area contributed by atoms with E-state index >= 15 is 0 Å². The van der Waals surface area contributed by atoms with Gasteiger partial charge in [0.25, 0.3) is 5.91 Å². The molecule has 27 heavy (non-hydrogen) atoms. The summed E-state index contributed by atoms with van der Waals surface area (Å²) in [5, 5.41) is 0.473. The summed E-state index contributed by atoms with van der Waals surface area (Å²) in [5.41, 5.74) is 1.10. The Balaban J connectivity index is 1.79. The first-order chi connectivity index (χ1) is 13.0. The topological polar surface area (TPSA) is 46.6 Å². The molecule has 1 amide bonds. The lowest BCUT2D eigenvalue weighted by Crippen LogP contribution is -2.49. The van der Waals surface area contributed by atoms with Crippen molar-refractivity contribution >= 4 is 29.0 Å². The minimum atomic E-state index is -1.29. The predicted octanol–water partition coefficient (Wildman–Crippen LogP) is 4.63. The van der Waals surface area contributed by atoms with Crippen LogP contribution in [-0.2, 0) is 26.5 Å². The molecule has 2 atom stereocenters. The number of amides is 1. The van der Waals surface area contributed by atoms with E-state index in [1.54, 1.807) is 11.0 Å². The van der Waals surface area contributed by atoms with E-state index in [0.717, 1.165) is 24.1 Å². The first-order valence-corrected chi connectivity index (χ1v) is 9.77. The Morgan fingerprint density at radius 1 is 1.15 bits per heavy atom. The zero-order valence-corrected chi connectivity index (χ0v) is 16.0. The van der Waals surface area contributed by atoms with E-state index in [4.69, 9.17) is 16.3 Å². The van der Waals surface area contributed by atoms with Crippen molar-refractivity contribution in [3.05, 3.63) is 64.7 Å². The van der Waals surface area contributed by atoms with Crippen LogP contribution in [0.15, 0.2) is 48.5 Å². The fraction of sp³-hybridized carbons (Fsp3) is 0.364. The zero-order chi connectivity index (χ0) is 19.0. The van der Waals surface area contributed by atoms with E-state index in [1.807, 2.05) is 49.4 Å². The lowest BCUT2D eigenvalue weighted by Gasteiger charge is -2.37. The fourth-order valence-electron chi connectivity index (χ4n) is 4.22. The van der Waals surface area contributed by atoms with E-state index in [-0.39, 0.29) is 24.2 Å². The Hall–Kier alpha value is -2.17. The number of nitrogens with zero attached hydrogens (tertiary/aromatic N) is 1. The van der Waals surface area contributed by atoms with Gasteiger partial charge in [0.15, 0.2) is 5.60 Å². The number of rotatable bonds is 4. The normalized spacial score (nSPS) is 24.5. The third-order valence-electron chi connectivity index (χ3n) is 5.34. The summed E-state index contributed by atoms with van der Waals surface area (Å²) in [5.74, 6) is -0.135. The number of anilines is 1. The van der Waals surface area contributed by atoms with Gasteiger partial charge in [-0.05, 0) is 24.1 Å². The van der Waals surface area contributed by atoms with Gasteiger partial charge in [-0.3, -0.25) is 9.59 Å². The number of carbonyl (C=O) groups is 2. The van der Waals surface area contributed by atoms with Crippen molar-refractivity contribution in [1.82, 2.24) is 0 Å². The molecule has 0 unspecified atom stereocenters. The Morgan fingerprint density at radius 2 is 1.93 bits per heavy atom. The summed E-state index contributed by atoms with van der Waals surface area (Å²) in [6.45, 7) is 2.47. The Labute approximate surface area is 164 Å². The van der Waals surface area contributed by atoms with Crippen LogP contribution in [0.4, 0.5) is 5.69 Å². The van der Waals surface area contributed by atoms with Gasteiger partial charge >= 0.3 is 0 Å². The van der Waals surface area contributed by atoms with E-state index in [2.05, 4.69) is 0 Å². The number of Topliss-reactive ketones (excluding diaryl/α,β-unsaturated/α-hetero) is 1. The summed E-state index contributed by atoms with van der Waals surface area (Å²) < 4.78 is 6.34. The van der Waals surface area contributed by atoms with Gasteiger partial charge in [-0.25, -0.2) is 0 Å². The van der Waals surface area contributed by atoms with Crippen LogP contribution in [0, 0.1) is 0 Å². The summed E-state index contributed by atoms with van der Waals surface area (Å²) in [7, 11) is 0. The van der Waals surface area contributed by atoms with Gasteiger partial charge in [0.2, 0.25) is 0 Å². The van der Waals surface area contributed by atoms with Crippen LogP contribution in [0.1, 0.15) is 43.7 Å². The molecule has 1 fully saturated rings. The molecule has 2 aliphatic rings. The zero-order valence-electron chi connectivity index (χ0n) is 15.3. The van der Waals surface area contributed by atoms with Gasteiger partial charge in [0.05, 0.1) is 18.3 Å². The number of ether oxygens (including phenoxy) is 1. The van der Waals surface area contributed by atoms with Gasteiger partial charge in [0.1, 0.15) is 5.78 Å². The molecule has 4 nitrogen and oxygen atoms in total. The number of ketones is 1. The summed E-state index contributed by atoms with van der Waals surface area (Å²) in [4.78, 5) is 27.8. The summed E-state index contributed by atoms with van der Waals surface area (Å²) in [6, 6.07) is 15.3. The van der Waals surface area contributed by atoms with E-state index in [1.165, 1.54) is 0 Å². The van der Waals surface area contributed by atoms with Crippen molar-refractivity contribution in [3.63, 3.8) is 0 Å². The van der Waals surface area contributed by atoms with Crippen LogP contribution in [0.25, 0.3) is 0 Å². The predicted molar refractivity (Wildman–Crippen MR) is 105 cm³/mol. The monoisotopic (exact) mass is 383 g/mol. The smallest absolute Gasteiger partial charge is 0.264 e. The second-order valence-corrected chi connectivity index (χ2v) is 7.69. The molecule has 2 aliphatic heterocycles. The number of hydrogen-bond acceptors (Lipinski definition) is 3. The molecule has 0 aromatic heterocycles. The van der Waals surface area contributed by atoms with Crippen molar-refractivity contribution in [3.8, 4) is 0 Å². The molecule has 1 spiro atoms. The molecule has 0 N–H and O–H groups in total. The third kappa shape index (κ3) is 3.07. The molecule has 2 heterocycles. The molecule has 0 aliphatic carbocycles. The molecular weight excluding hydrogens is 362 g/mol. The van der Waals surface area contributed by atoms with Gasteiger partial charge < -0.3 is 9.64 Å². The van der Waals surface area contributed by atoms with Crippen LogP contribution in [0.3, 0.4) is 0 Å². The average molecular weight is 384 g/mol. The average Bonchev–Trinajstić information content (AvgIpc) is 2.86. The maximum absolute atomic E-state index is 13.6. The van der Waals surface area contributed by atoms with Gasteiger partial charge in [-0.15, -0.1) is 0 Å². The molecule has 140 valence electrons. The quantitative estimate of drug-likeness (QED) is 0.773. The Morgan fingerprint density at radius 3 is 2.67 bits per heavy atom. The summed E-state index contributed by atoms with van der Waals surface area (Å²) in [6.07, 6.45) is 1.81. The Kier molecular flexibility index (Phi) is 4.79. The van der Waals surface area contributed by atoms with Crippen LogP contribution in [-0.4, -0.2) is 17.8 Å². The molecule has 4 rings (SSSR count).